The van der Waals surface area contributed by atoms with Crippen molar-refractivity contribution in [2.75, 3.05) is 12.9 Å². The molecule has 2 aromatic carbocycles. The highest BCUT2D eigenvalue weighted by Crippen LogP contribution is 2.54. The fourth-order valence-electron chi connectivity index (χ4n) is 3.88. The molecule has 140 valence electrons. The van der Waals surface area contributed by atoms with Crippen molar-refractivity contribution in [3.05, 3.63) is 65.7 Å². The van der Waals surface area contributed by atoms with E-state index >= 15 is 0 Å². The van der Waals surface area contributed by atoms with E-state index in [1.807, 2.05) is 54.6 Å². The number of methoxy groups -OCH3 is 1. The molecule has 2 aliphatic rings. The van der Waals surface area contributed by atoms with Gasteiger partial charge in [-0.05, 0) is 18.1 Å². The molecule has 0 radical (unpaired) electrons. The lowest BCUT2D eigenvalue weighted by Crippen LogP contribution is -2.46. The third kappa shape index (κ3) is 3.08. The molecule has 4 rings (SSSR count). The Morgan fingerprint density at radius 3 is 2.70 bits per heavy atom. The van der Waals surface area contributed by atoms with Gasteiger partial charge < -0.3 is 14.4 Å². The van der Waals surface area contributed by atoms with Crippen LogP contribution in [0.5, 0.6) is 5.75 Å². The zero-order chi connectivity index (χ0) is 18.9. The van der Waals surface area contributed by atoms with Crippen LogP contribution in [0, 0.1) is 0 Å². The summed E-state index contributed by atoms with van der Waals surface area (Å²) in [6, 6.07) is 16.8. The van der Waals surface area contributed by atoms with Crippen LogP contribution in [0.4, 0.5) is 0 Å². The van der Waals surface area contributed by atoms with Crippen molar-refractivity contribution in [3.63, 3.8) is 0 Å². The Morgan fingerprint density at radius 2 is 1.93 bits per heavy atom. The summed E-state index contributed by atoms with van der Waals surface area (Å²) in [6.45, 7) is 0.129. The number of carbonyl (C=O) groups excluding carboxylic acids is 2. The van der Waals surface area contributed by atoms with Crippen molar-refractivity contribution in [2.45, 2.75) is 30.4 Å². The van der Waals surface area contributed by atoms with Crippen LogP contribution in [0.1, 0.15) is 24.0 Å². The molecular weight excluding hydrogens is 362 g/mol. The molecule has 1 amide bonds. The van der Waals surface area contributed by atoms with E-state index < -0.39 is 10.9 Å². The Labute approximate surface area is 162 Å². The highest BCUT2D eigenvalue weighted by Gasteiger charge is 2.57. The molecule has 0 spiro atoms. The molecule has 0 aliphatic carbocycles. The van der Waals surface area contributed by atoms with E-state index in [-0.39, 0.29) is 18.5 Å². The average molecular weight is 383 g/mol. The van der Waals surface area contributed by atoms with Gasteiger partial charge in [0.15, 0.2) is 0 Å². The van der Waals surface area contributed by atoms with Gasteiger partial charge in [0.25, 0.3) is 0 Å². The molecule has 2 saturated heterocycles. The van der Waals surface area contributed by atoms with Crippen molar-refractivity contribution < 1.29 is 19.1 Å². The van der Waals surface area contributed by atoms with Gasteiger partial charge >= 0.3 is 5.97 Å². The Hall–Kier alpha value is -2.47. The smallest absolute Gasteiger partial charge is 0.330 e. The zero-order valence-corrected chi connectivity index (χ0v) is 15.9. The van der Waals surface area contributed by atoms with Gasteiger partial charge in [-0.15, -0.1) is 11.8 Å². The van der Waals surface area contributed by atoms with E-state index in [9.17, 15) is 9.59 Å². The first kappa shape index (κ1) is 17.9. The molecule has 2 heterocycles. The fraction of sp³-hybridized carbons (Fsp3) is 0.333. The van der Waals surface area contributed by atoms with E-state index in [2.05, 4.69) is 0 Å². The van der Waals surface area contributed by atoms with Crippen LogP contribution in [0.15, 0.2) is 54.6 Å². The van der Waals surface area contributed by atoms with Crippen LogP contribution < -0.4 is 4.74 Å². The Kier molecular flexibility index (Phi) is 4.83. The molecule has 0 saturated carbocycles. The highest BCUT2D eigenvalue weighted by atomic mass is 32.2. The molecule has 0 bridgehead atoms. The van der Waals surface area contributed by atoms with Gasteiger partial charge in [0, 0.05) is 17.7 Å². The molecule has 0 unspecified atom stereocenters. The zero-order valence-electron chi connectivity index (χ0n) is 15.1. The van der Waals surface area contributed by atoms with Crippen molar-refractivity contribution in [1.29, 1.82) is 0 Å². The monoisotopic (exact) mass is 383 g/mol. The first-order valence-electron chi connectivity index (χ1n) is 8.96. The molecule has 2 aromatic rings. The molecular formula is C21H21NO4S. The molecule has 0 aromatic heterocycles. The van der Waals surface area contributed by atoms with Crippen LogP contribution in [-0.2, 0) is 25.8 Å². The first-order chi connectivity index (χ1) is 13.2. The summed E-state index contributed by atoms with van der Waals surface area (Å²) < 4.78 is 10.9. The van der Waals surface area contributed by atoms with Crippen molar-refractivity contribution >= 4 is 23.6 Å². The summed E-state index contributed by atoms with van der Waals surface area (Å²) in [5.74, 6) is 0.886. The van der Waals surface area contributed by atoms with Crippen molar-refractivity contribution in [1.82, 2.24) is 4.90 Å². The predicted octanol–water partition coefficient (Wildman–Crippen LogP) is 3.33. The van der Waals surface area contributed by atoms with Gasteiger partial charge in [0.1, 0.15) is 23.3 Å². The van der Waals surface area contributed by atoms with Crippen LogP contribution in [0.2, 0.25) is 0 Å². The maximum atomic E-state index is 12.8. The summed E-state index contributed by atoms with van der Waals surface area (Å²) >= 11 is 1.66. The number of hydrogen-bond donors (Lipinski definition) is 0. The average Bonchev–Trinajstić information content (AvgIpc) is 3.26. The fourth-order valence-corrected chi connectivity index (χ4v) is 5.52. The maximum Gasteiger partial charge on any atom is 0.330 e. The predicted molar refractivity (Wildman–Crippen MR) is 103 cm³/mol. The van der Waals surface area contributed by atoms with Crippen LogP contribution in [-0.4, -0.2) is 35.7 Å². The van der Waals surface area contributed by atoms with Gasteiger partial charge in [-0.3, -0.25) is 4.79 Å². The Morgan fingerprint density at radius 1 is 1.19 bits per heavy atom. The van der Waals surface area contributed by atoms with Crippen LogP contribution >= 0.6 is 11.8 Å². The summed E-state index contributed by atoms with van der Waals surface area (Å²) in [6.07, 6.45) is 1.18. The largest absolute Gasteiger partial charge is 0.496 e. The number of thioether (sulfide) groups is 1. The minimum absolute atomic E-state index is 0.0168. The van der Waals surface area contributed by atoms with Crippen LogP contribution in [0.3, 0.4) is 0 Å². The van der Waals surface area contributed by atoms with Gasteiger partial charge in [0.05, 0.1) is 7.11 Å². The minimum atomic E-state index is -0.556. The molecule has 0 N–H and O–H groups in total. The quantitative estimate of drug-likeness (QED) is 0.742. The number of fused-ring (bicyclic) bond motifs is 1. The van der Waals surface area contributed by atoms with Gasteiger partial charge in [0.2, 0.25) is 5.91 Å². The summed E-state index contributed by atoms with van der Waals surface area (Å²) in [7, 11) is 1.59. The Balaban J connectivity index is 1.53. The lowest BCUT2D eigenvalue weighted by molar-refractivity contribution is -0.155. The molecule has 2 aliphatic heterocycles. The standard InChI is InChI=1S/C21H21NO4S/c1-25-18-10-6-5-7-15(18)13-26-20(24)17-14-27-21(12-11-19(23)22(17)21)16-8-3-2-4-9-16/h2-10,17H,11-14H2,1H3/t17-,21+/m0/s1. The minimum Gasteiger partial charge on any atom is -0.496 e. The summed E-state index contributed by atoms with van der Waals surface area (Å²) in [4.78, 5) is 26.7. The number of nitrogens with zero attached hydrogens (tertiary/aromatic N) is 1. The second kappa shape index (κ2) is 7.27. The van der Waals surface area contributed by atoms with E-state index in [1.54, 1.807) is 23.8 Å². The number of hydrogen-bond acceptors (Lipinski definition) is 5. The number of esters is 1. The van der Waals surface area contributed by atoms with Gasteiger partial charge in [-0.2, -0.15) is 0 Å². The number of para-hydroxylation sites is 1. The normalized spacial score (nSPS) is 24.0. The van der Waals surface area contributed by atoms with E-state index in [0.717, 1.165) is 17.5 Å². The lowest BCUT2D eigenvalue weighted by atomic mass is 10.0. The second-order valence-electron chi connectivity index (χ2n) is 6.66. The second-order valence-corrected chi connectivity index (χ2v) is 7.96. The lowest BCUT2D eigenvalue weighted by Gasteiger charge is -2.33. The van der Waals surface area contributed by atoms with Gasteiger partial charge in [-0.1, -0.05) is 48.5 Å². The van der Waals surface area contributed by atoms with Gasteiger partial charge in [-0.25, -0.2) is 4.79 Å². The molecule has 2 atom stereocenters. The maximum absolute atomic E-state index is 12.8. The van der Waals surface area contributed by atoms with Crippen LogP contribution in [0.25, 0.3) is 0 Å². The number of rotatable bonds is 5. The van der Waals surface area contributed by atoms with E-state index in [4.69, 9.17) is 9.47 Å². The molecule has 6 heteroatoms. The molecule has 5 nitrogen and oxygen atoms in total. The first-order valence-corrected chi connectivity index (χ1v) is 9.94. The number of amides is 1. The van der Waals surface area contributed by atoms with Crippen molar-refractivity contribution in [3.8, 4) is 5.75 Å². The highest BCUT2D eigenvalue weighted by molar-refractivity contribution is 8.00. The molecule has 2 fully saturated rings. The van der Waals surface area contributed by atoms with E-state index in [0.29, 0.717) is 17.9 Å². The number of ether oxygens (including phenoxy) is 2. The summed E-state index contributed by atoms with van der Waals surface area (Å²) in [5.41, 5.74) is 1.88. The Bertz CT molecular complexity index is 856. The SMILES string of the molecule is COc1ccccc1COC(=O)[C@@H]1CS[C@@]2(c3ccccc3)CCC(=O)N12. The summed E-state index contributed by atoms with van der Waals surface area (Å²) in [5, 5.41) is 0. The third-order valence-electron chi connectivity index (χ3n) is 5.19. The van der Waals surface area contributed by atoms with E-state index in [1.165, 1.54) is 0 Å². The molecule has 27 heavy (non-hydrogen) atoms. The number of benzene rings is 2. The van der Waals surface area contributed by atoms with Crippen molar-refractivity contribution in [2.24, 2.45) is 0 Å². The topological polar surface area (TPSA) is 55.8 Å². The number of carbonyl (C=O) groups is 2. The third-order valence-corrected chi connectivity index (χ3v) is 6.78.